The van der Waals surface area contributed by atoms with Gasteiger partial charge in [-0.25, -0.2) is 0 Å². The zero-order valence-corrected chi connectivity index (χ0v) is 19.3. The fraction of sp³-hybridized carbons (Fsp3) is 0.421. The molecule has 0 spiro atoms. The van der Waals surface area contributed by atoms with Crippen LogP contribution in [0.5, 0.6) is 23.0 Å². The molecule has 0 aliphatic heterocycles. The number of furan rings is 1. The van der Waals surface area contributed by atoms with Crippen molar-refractivity contribution in [1.29, 1.82) is 0 Å². The SMILES string of the molecule is COc1cccc(-c2oc(NC(=O)CCCBr)c(O[Si](C)(C)C)c2O)c1OC. The number of aromatic hydroxyl groups is 1. The van der Waals surface area contributed by atoms with E-state index >= 15 is 0 Å². The molecule has 2 N–H and O–H groups in total. The van der Waals surface area contributed by atoms with Crippen molar-refractivity contribution in [2.75, 3.05) is 24.9 Å². The van der Waals surface area contributed by atoms with Crippen molar-refractivity contribution in [3.8, 4) is 34.3 Å². The molecular formula is C19H26BrNO6Si. The van der Waals surface area contributed by atoms with E-state index in [0.29, 0.717) is 35.2 Å². The van der Waals surface area contributed by atoms with Gasteiger partial charge in [0.25, 0.3) is 0 Å². The van der Waals surface area contributed by atoms with Crippen LogP contribution in [0.1, 0.15) is 12.8 Å². The Morgan fingerprint density at radius 3 is 2.50 bits per heavy atom. The van der Waals surface area contributed by atoms with Crippen molar-refractivity contribution >= 4 is 36.0 Å². The van der Waals surface area contributed by atoms with Crippen molar-refractivity contribution in [3.05, 3.63) is 18.2 Å². The number of para-hydroxylation sites is 1. The number of methoxy groups -OCH3 is 2. The van der Waals surface area contributed by atoms with Crippen LogP contribution in [0.15, 0.2) is 22.6 Å². The molecular weight excluding hydrogens is 446 g/mol. The Morgan fingerprint density at radius 2 is 1.93 bits per heavy atom. The Bertz CT molecular complexity index is 831. The summed E-state index contributed by atoms with van der Waals surface area (Å²) in [5, 5.41) is 14.3. The molecule has 1 aromatic carbocycles. The molecule has 7 nitrogen and oxygen atoms in total. The number of hydrogen-bond donors (Lipinski definition) is 2. The molecule has 154 valence electrons. The van der Waals surface area contributed by atoms with Crippen LogP contribution in [-0.2, 0) is 4.79 Å². The molecule has 1 aromatic heterocycles. The maximum absolute atomic E-state index is 12.2. The van der Waals surface area contributed by atoms with E-state index in [4.69, 9.17) is 18.3 Å². The predicted octanol–water partition coefficient (Wildman–Crippen LogP) is 5.00. The van der Waals surface area contributed by atoms with Crippen molar-refractivity contribution in [2.45, 2.75) is 32.5 Å². The molecule has 0 unspecified atom stereocenters. The highest BCUT2D eigenvalue weighted by Gasteiger charge is 2.30. The van der Waals surface area contributed by atoms with E-state index < -0.39 is 8.32 Å². The van der Waals surface area contributed by atoms with E-state index in [2.05, 4.69) is 21.2 Å². The summed E-state index contributed by atoms with van der Waals surface area (Å²) >= 11 is 3.30. The van der Waals surface area contributed by atoms with Crippen LogP contribution in [0, 0.1) is 0 Å². The number of carbonyl (C=O) groups excluding carboxylic acids is 1. The van der Waals surface area contributed by atoms with Crippen LogP contribution in [0.2, 0.25) is 19.6 Å². The second kappa shape index (κ2) is 9.38. The second-order valence-electron chi connectivity index (χ2n) is 7.03. The molecule has 1 heterocycles. The quantitative estimate of drug-likeness (QED) is 0.395. The lowest BCUT2D eigenvalue weighted by atomic mass is 10.1. The van der Waals surface area contributed by atoms with Gasteiger partial charge in [-0.1, -0.05) is 22.0 Å². The molecule has 0 aliphatic rings. The summed E-state index contributed by atoms with van der Waals surface area (Å²) in [6.07, 6.45) is 0.996. The van der Waals surface area contributed by atoms with Gasteiger partial charge in [-0.2, -0.15) is 0 Å². The molecule has 0 fully saturated rings. The molecule has 0 saturated heterocycles. The van der Waals surface area contributed by atoms with Crippen LogP contribution in [-0.4, -0.2) is 38.9 Å². The van der Waals surface area contributed by atoms with Crippen LogP contribution >= 0.6 is 15.9 Å². The van der Waals surface area contributed by atoms with Gasteiger partial charge in [-0.3, -0.25) is 10.1 Å². The molecule has 0 aliphatic carbocycles. The Kier molecular flexibility index (Phi) is 7.42. The van der Waals surface area contributed by atoms with Crippen LogP contribution in [0.4, 0.5) is 5.88 Å². The third-order valence-electron chi connectivity index (χ3n) is 3.69. The minimum atomic E-state index is -2.10. The first-order valence-corrected chi connectivity index (χ1v) is 13.4. The summed E-state index contributed by atoms with van der Waals surface area (Å²) in [5.41, 5.74) is 0.487. The fourth-order valence-corrected chi connectivity index (χ4v) is 3.64. The van der Waals surface area contributed by atoms with Crippen molar-refractivity contribution in [2.24, 2.45) is 0 Å². The van der Waals surface area contributed by atoms with Gasteiger partial charge in [0.1, 0.15) is 0 Å². The lowest BCUT2D eigenvalue weighted by Crippen LogP contribution is -2.29. The number of halogens is 1. The summed E-state index contributed by atoms with van der Waals surface area (Å²) in [6, 6.07) is 5.23. The number of nitrogens with one attached hydrogen (secondary N) is 1. The van der Waals surface area contributed by atoms with Crippen molar-refractivity contribution < 1.29 is 28.2 Å². The third-order valence-corrected chi connectivity index (χ3v) is 5.06. The highest BCUT2D eigenvalue weighted by atomic mass is 79.9. The number of anilines is 1. The number of hydrogen-bond acceptors (Lipinski definition) is 6. The number of alkyl halides is 1. The van der Waals surface area contributed by atoms with E-state index in [1.54, 1.807) is 18.2 Å². The summed E-state index contributed by atoms with van der Waals surface area (Å²) in [7, 11) is 0.931. The van der Waals surface area contributed by atoms with Crippen LogP contribution < -0.4 is 19.2 Å². The first-order valence-electron chi connectivity index (χ1n) is 8.83. The molecule has 0 atom stereocenters. The van der Waals surface area contributed by atoms with Gasteiger partial charge in [0.05, 0.1) is 19.8 Å². The van der Waals surface area contributed by atoms with Crippen molar-refractivity contribution in [3.63, 3.8) is 0 Å². The summed E-state index contributed by atoms with van der Waals surface area (Å²) in [5.74, 6) is 0.838. The molecule has 0 saturated carbocycles. The van der Waals surface area contributed by atoms with Crippen LogP contribution in [0.25, 0.3) is 11.3 Å². The molecule has 28 heavy (non-hydrogen) atoms. The van der Waals surface area contributed by atoms with Gasteiger partial charge in [0.15, 0.2) is 17.3 Å². The minimum absolute atomic E-state index is 0.0828. The number of rotatable bonds is 9. The average Bonchev–Trinajstić information content (AvgIpc) is 2.93. The molecule has 0 radical (unpaired) electrons. The summed E-state index contributed by atoms with van der Waals surface area (Å²) in [6.45, 7) is 5.92. The van der Waals surface area contributed by atoms with Gasteiger partial charge < -0.3 is 23.4 Å². The Hall–Kier alpha value is -2.13. The molecule has 0 bridgehead atoms. The first-order chi connectivity index (χ1) is 13.2. The molecule has 2 aromatic rings. The second-order valence-corrected chi connectivity index (χ2v) is 12.3. The topological polar surface area (TPSA) is 90.2 Å². The summed E-state index contributed by atoms with van der Waals surface area (Å²) in [4.78, 5) is 12.2. The zero-order chi connectivity index (χ0) is 20.9. The molecule has 9 heteroatoms. The smallest absolute Gasteiger partial charge is 0.245 e. The Labute approximate surface area is 174 Å². The highest BCUT2D eigenvalue weighted by molar-refractivity contribution is 9.09. The number of ether oxygens (including phenoxy) is 2. The van der Waals surface area contributed by atoms with E-state index in [1.165, 1.54) is 14.2 Å². The van der Waals surface area contributed by atoms with Gasteiger partial charge in [0.2, 0.25) is 31.6 Å². The van der Waals surface area contributed by atoms with E-state index in [-0.39, 0.29) is 29.1 Å². The van der Waals surface area contributed by atoms with E-state index in [9.17, 15) is 9.90 Å². The third kappa shape index (κ3) is 5.23. The largest absolute Gasteiger partial charge is 0.538 e. The minimum Gasteiger partial charge on any atom is -0.538 e. The van der Waals surface area contributed by atoms with Gasteiger partial charge in [-0.05, 0) is 38.2 Å². The Morgan fingerprint density at radius 1 is 1.21 bits per heavy atom. The lowest BCUT2D eigenvalue weighted by Gasteiger charge is -2.19. The van der Waals surface area contributed by atoms with E-state index in [0.717, 1.165) is 0 Å². The Balaban J connectivity index is 2.55. The number of benzene rings is 1. The zero-order valence-electron chi connectivity index (χ0n) is 16.7. The maximum atomic E-state index is 12.2. The normalized spacial score (nSPS) is 11.2. The van der Waals surface area contributed by atoms with Crippen LogP contribution in [0.3, 0.4) is 0 Å². The van der Waals surface area contributed by atoms with Crippen molar-refractivity contribution in [1.82, 2.24) is 0 Å². The fourth-order valence-electron chi connectivity index (χ4n) is 2.56. The summed E-state index contributed by atoms with van der Waals surface area (Å²) < 4.78 is 22.6. The lowest BCUT2D eigenvalue weighted by molar-refractivity contribution is -0.116. The van der Waals surface area contributed by atoms with E-state index in [1.807, 2.05) is 19.6 Å². The monoisotopic (exact) mass is 471 g/mol. The molecule has 2 rings (SSSR count). The average molecular weight is 472 g/mol. The predicted molar refractivity (Wildman–Crippen MR) is 115 cm³/mol. The molecule has 1 amide bonds. The van der Waals surface area contributed by atoms with Gasteiger partial charge in [0, 0.05) is 11.8 Å². The first kappa shape index (κ1) is 22.2. The van der Waals surface area contributed by atoms with Gasteiger partial charge in [-0.15, -0.1) is 0 Å². The number of carbonyl (C=O) groups is 1. The highest BCUT2D eigenvalue weighted by Crippen LogP contribution is 2.50. The maximum Gasteiger partial charge on any atom is 0.245 e. The standard InChI is InChI=1S/C19H26BrNO6Si/c1-24-13-9-6-8-12(16(13)25-2)17-15(23)18(27-28(3,4)5)19(26-17)21-14(22)10-7-11-20/h6,8-9,23H,7,10-11H2,1-5H3,(H,21,22). The number of amides is 1. The van der Waals surface area contributed by atoms with Gasteiger partial charge >= 0.3 is 0 Å².